The van der Waals surface area contributed by atoms with E-state index in [1.807, 2.05) is 27.2 Å². The fourth-order valence-corrected chi connectivity index (χ4v) is 8.81. The molecule has 0 bridgehead atoms. The fourth-order valence-electron chi connectivity index (χ4n) is 8.08. The summed E-state index contributed by atoms with van der Waals surface area (Å²) in [6.07, 6.45) is 63.4. The number of hydrogen-bond acceptors (Lipinski definition) is 6. The largest absolute Gasteiger partial charge is 0.756 e. The Hall–Kier alpha value is -1.54. The summed E-state index contributed by atoms with van der Waals surface area (Å²) in [6.45, 7) is 4.63. The molecule has 0 aliphatic rings. The molecular formula is C57H109N2O6P. The van der Waals surface area contributed by atoms with Crippen molar-refractivity contribution in [2.24, 2.45) is 0 Å². The van der Waals surface area contributed by atoms with Gasteiger partial charge in [0.05, 0.1) is 39.9 Å². The van der Waals surface area contributed by atoms with Crippen LogP contribution < -0.4 is 10.2 Å². The second-order valence-electron chi connectivity index (χ2n) is 20.3. The molecule has 1 amide bonds. The first kappa shape index (κ1) is 64.5. The molecule has 3 atom stereocenters. The van der Waals surface area contributed by atoms with Crippen molar-refractivity contribution in [1.82, 2.24) is 5.32 Å². The van der Waals surface area contributed by atoms with Gasteiger partial charge in [0.1, 0.15) is 13.2 Å². The summed E-state index contributed by atoms with van der Waals surface area (Å²) in [7, 11) is 1.25. The molecule has 388 valence electrons. The van der Waals surface area contributed by atoms with Crippen LogP contribution in [0.5, 0.6) is 0 Å². The number of phosphoric ester groups is 1. The van der Waals surface area contributed by atoms with Crippen molar-refractivity contribution in [2.45, 2.75) is 270 Å². The normalized spacial score (nSPS) is 14.3. The van der Waals surface area contributed by atoms with Crippen LogP contribution in [0, 0.1) is 0 Å². The number of carbonyl (C=O) groups excluding carboxylic acids is 1. The van der Waals surface area contributed by atoms with Crippen LogP contribution in [0.25, 0.3) is 0 Å². The molecule has 0 saturated carbocycles. The number of unbranched alkanes of at least 4 members (excludes halogenated alkanes) is 32. The summed E-state index contributed by atoms with van der Waals surface area (Å²) in [5.41, 5.74) is 0. The van der Waals surface area contributed by atoms with Crippen molar-refractivity contribution in [3.05, 3.63) is 48.6 Å². The third-order valence-electron chi connectivity index (χ3n) is 12.5. The van der Waals surface area contributed by atoms with E-state index in [-0.39, 0.29) is 12.5 Å². The molecule has 66 heavy (non-hydrogen) atoms. The van der Waals surface area contributed by atoms with E-state index in [4.69, 9.17) is 9.05 Å². The Morgan fingerprint density at radius 1 is 0.530 bits per heavy atom. The second kappa shape index (κ2) is 48.5. The Balaban J connectivity index is 4.08. The highest BCUT2D eigenvalue weighted by Crippen LogP contribution is 2.38. The first-order valence-corrected chi connectivity index (χ1v) is 29.5. The number of hydrogen-bond donors (Lipinski definition) is 2. The molecule has 0 aliphatic heterocycles. The molecule has 0 aliphatic carbocycles. The number of amides is 1. The van der Waals surface area contributed by atoms with Crippen molar-refractivity contribution in [2.75, 3.05) is 40.9 Å². The molecule has 0 saturated heterocycles. The van der Waals surface area contributed by atoms with Gasteiger partial charge in [-0.15, -0.1) is 0 Å². The molecule has 0 radical (unpaired) electrons. The first-order chi connectivity index (χ1) is 32.0. The summed E-state index contributed by atoms with van der Waals surface area (Å²) >= 11 is 0. The lowest BCUT2D eigenvalue weighted by Crippen LogP contribution is -2.45. The minimum Gasteiger partial charge on any atom is -0.756 e. The molecule has 0 aromatic heterocycles. The fraction of sp³-hybridized carbons (Fsp3) is 0.842. The molecule has 0 rings (SSSR count). The first-order valence-electron chi connectivity index (χ1n) is 28.0. The summed E-state index contributed by atoms with van der Waals surface area (Å²) < 4.78 is 23.3. The van der Waals surface area contributed by atoms with Crippen molar-refractivity contribution in [1.29, 1.82) is 0 Å². The average Bonchev–Trinajstić information content (AvgIpc) is 3.28. The van der Waals surface area contributed by atoms with Crippen molar-refractivity contribution in [3.63, 3.8) is 0 Å². The molecule has 0 spiro atoms. The van der Waals surface area contributed by atoms with Gasteiger partial charge in [0, 0.05) is 6.42 Å². The quantitative estimate of drug-likeness (QED) is 0.0272. The number of phosphoric acid groups is 1. The molecule has 9 heteroatoms. The van der Waals surface area contributed by atoms with Crippen molar-refractivity contribution in [3.8, 4) is 0 Å². The lowest BCUT2D eigenvalue weighted by atomic mass is 10.0. The van der Waals surface area contributed by atoms with Gasteiger partial charge in [-0.1, -0.05) is 236 Å². The van der Waals surface area contributed by atoms with Crippen LogP contribution in [0.3, 0.4) is 0 Å². The molecule has 0 heterocycles. The number of carbonyl (C=O) groups is 1. The van der Waals surface area contributed by atoms with E-state index < -0.39 is 26.6 Å². The summed E-state index contributed by atoms with van der Waals surface area (Å²) in [6, 6.07) is -0.903. The molecule has 0 aromatic carbocycles. The van der Waals surface area contributed by atoms with E-state index in [1.54, 1.807) is 6.08 Å². The maximum Gasteiger partial charge on any atom is 0.268 e. The Labute approximate surface area is 409 Å². The van der Waals surface area contributed by atoms with E-state index in [9.17, 15) is 19.4 Å². The monoisotopic (exact) mass is 949 g/mol. The van der Waals surface area contributed by atoms with Gasteiger partial charge in [0.2, 0.25) is 5.91 Å². The van der Waals surface area contributed by atoms with E-state index in [2.05, 4.69) is 55.6 Å². The minimum absolute atomic E-state index is 0.00661. The third kappa shape index (κ3) is 50.3. The van der Waals surface area contributed by atoms with Gasteiger partial charge >= 0.3 is 0 Å². The average molecular weight is 949 g/mol. The summed E-state index contributed by atoms with van der Waals surface area (Å²) in [5, 5.41) is 13.8. The zero-order chi connectivity index (χ0) is 48.5. The Kier molecular flexibility index (Phi) is 47.4. The highest BCUT2D eigenvalue weighted by molar-refractivity contribution is 7.45. The Morgan fingerprint density at radius 2 is 0.894 bits per heavy atom. The highest BCUT2D eigenvalue weighted by atomic mass is 31.2. The zero-order valence-electron chi connectivity index (χ0n) is 44.1. The van der Waals surface area contributed by atoms with Gasteiger partial charge in [-0.25, -0.2) is 0 Å². The van der Waals surface area contributed by atoms with E-state index in [0.717, 1.165) is 44.9 Å². The van der Waals surface area contributed by atoms with E-state index >= 15 is 0 Å². The van der Waals surface area contributed by atoms with Gasteiger partial charge in [-0.05, 0) is 64.2 Å². The molecule has 2 N–H and O–H groups in total. The van der Waals surface area contributed by atoms with Crippen LogP contribution in [0.4, 0.5) is 0 Å². The maximum atomic E-state index is 12.9. The van der Waals surface area contributed by atoms with Crippen LogP contribution in [0.1, 0.15) is 258 Å². The number of nitrogens with one attached hydrogen (secondary N) is 1. The lowest BCUT2D eigenvalue weighted by Gasteiger charge is -2.29. The number of quaternary nitrogens is 1. The van der Waals surface area contributed by atoms with Crippen molar-refractivity contribution < 1.29 is 32.9 Å². The summed E-state index contributed by atoms with van der Waals surface area (Å²) in [4.78, 5) is 25.4. The van der Waals surface area contributed by atoms with Crippen molar-refractivity contribution >= 4 is 13.7 Å². The number of aliphatic hydroxyl groups is 1. The van der Waals surface area contributed by atoms with Crippen LogP contribution in [-0.4, -0.2) is 68.5 Å². The number of allylic oxidation sites excluding steroid dienone is 7. The van der Waals surface area contributed by atoms with E-state index in [1.165, 1.54) is 193 Å². The topological polar surface area (TPSA) is 108 Å². The van der Waals surface area contributed by atoms with Crippen LogP contribution in [0.15, 0.2) is 48.6 Å². The molecule has 0 fully saturated rings. The van der Waals surface area contributed by atoms with Gasteiger partial charge in [0.25, 0.3) is 7.82 Å². The third-order valence-corrected chi connectivity index (χ3v) is 13.5. The van der Waals surface area contributed by atoms with E-state index in [0.29, 0.717) is 17.4 Å². The zero-order valence-corrected chi connectivity index (χ0v) is 45.0. The molecular weight excluding hydrogens is 840 g/mol. The second-order valence-corrected chi connectivity index (χ2v) is 21.7. The predicted octanol–water partition coefficient (Wildman–Crippen LogP) is 16.1. The molecule has 8 nitrogen and oxygen atoms in total. The maximum absolute atomic E-state index is 12.9. The number of aliphatic hydroxyl groups excluding tert-OH is 1. The number of rotatable bonds is 51. The number of likely N-dealkylation sites (N-methyl/N-ethyl adjacent to an activating group) is 1. The minimum atomic E-state index is -4.60. The smallest absolute Gasteiger partial charge is 0.268 e. The van der Waals surface area contributed by atoms with Crippen LogP contribution in [-0.2, 0) is 18.4 Å². The van der Waals surface area contributed by atoms with Gasteiger partial charge < -0.3 is 28.8 Å². The van der Waals surface area contributed by atoms with Crippen LogP contribution >= 0.6 is 7.82 Å². The highest BCUT2D eigenvalue weighted by Gasteiger charge is 2.23. The Bertz CT molecular complexity index is 1210. The SMILES string of the molecule is CCCCCCCCC/C=C/CC/C=C/C(O)C(COP(=O)([O-])OCC[N+](C)(C)C)NC(=O)CCCCCCCCCCCCCCCCC/C=C\C/C=C\CCCCCCCCCCC. The Morgan fingerprint density at radius 3 is 1.32 bits per heavy atom. The van der Waals surface area contributed by atoms with Gasteiger partial charge in [0.15, 0.2) is 0 Å². The van der Waals surface area contributed by atoms with Gasteiger partial charge in [-0.2, -0.15) is 0 Å². The lowest BCUT2D eigenvalue weighted by molar-refractivity contribution is -0.870. The molecule has 0 aromatic rings. The predicted molar refractivity (Wildman–Crippen MR) is 284 cm³/mol. The molecule has 3 unspecified atom stereocenters. The number of nitrogens with zero attached hydrogens (tertiary/aromatic N) is 1. The summed E-state index contributed by atoms with van der Waals surface area (Å²) in [5.74, 6) is -0.207. The van der Waals surface area contributed by atoms with Gasteiger partial charge in [-0.3, -0.25) is 9.36 Å². The standard InChI is InChI=1S/C57H109N2O6P/c1-6-8-10-12-14-16-18-20-21-22-23-24-25-26-27-28-29-30-31-32-33-34-35-36-37-39-41-43-45-47-49-51-57(61)58-55(54-65-66(62,63)64-53-52-59(3,4)5)56(60)50-48-46-44-42-40-38-19-17-15-13-11-9-7-2/h23-24,26-27,40,42,48,50,55-56,60H,6-22,25,28-39,41,43-47,49,51-54H2,1-5H3,(H-,58,61,62,63)/b24-23-,27-26-,42-40+,50-48+. The van der Waals surface area contributed by atoms with Crippen LogP contribution in [0.2, 0.25) is 0 Å².